The Balaban J connectivity index is 1.27. The van der Waals surface area contributed by atoms with E-state index in [1.807, 2.05) is 18.2 Å². The third-order valence-electron chi connectivity index (χ3n) is 6.34. The molecule has 1 saturated carbocycles. The predicted molar refractivity (Wildman–Crippen MR) is 126 cm³/mol. The van der Waals surface area contributed by atoms with E-state index in [0.717, 1.165) is 61.8 Å². The van der Waals surface area contributed by atoms with Gasteiger partial charge in [0.2, 0.25) is 0 Å². The Labute approximate surface area is 195 Å². The molecule has 0 spiro atoms. The van der Waals surface area contributed by atoms with Crippen LogP contribution in [-0.4, -0.2) is 52.4 Å². The Kier molecular flexibility index (Phi) is 5.92. The Bertz CT molecular complexity index is 1170. The average Bonchev–Trinajstić information content (AvgIpc) is 3.38. The standard InChI is InChI=1S/C23H26ClN5O2S/c1-29-9-8-18-20(12-29)32-23(28-18)22(31)27-17-5-3-2-4-16(17)26-21(30)19-11-13-10-14(24)6-7-15(13)25-19/h6-7,10-11,16-17,25H,2-5,8-9,12H2,1H3,(H,26,30)(H,27,31)/t16-,17-/m1/s1. The lowest BCUT2D eigenvalue weighted by Gasteiger charge is -2.32. The van der Waals surface area contributed by atoms with E-state index < -0.39 is 0 Å². The molecule has 1 fully saturated rings. The van der Waals surface area contributed by atoms with E-state index in [1.165, 1.54) is 16.2 Å². The number of amides is 2. The van der Waals surface area contributed by atoms with Crippen LogP contribution in [0.15, 0.2) is 24.3 Å². The van der Waals surface area contributed by atoms with E-state index in [0.29, 0.717) is 15.7 Å². The van der Waals surface area contributed by atoms with E-state index >= 15 is 0 Å². The minimum Gasteiger partial charge on any atom is -0.351 e. The summed E-state index contributed by atoms with van der Waals surface area (Å²) in [6, 6.07) is 7.08. The van der Waals surface area contributed by atoms with Crippen molar-refractivity contribution in [1.29, 1.82) is 0 Å². The zero-order chi connectivity index (χ0) is 22.2. The van der Waals surface area contributed by atoms with E-state index in [2.05, 4.69) is 32.5 Å². The molecule has 9 heteroatoms. The molecule has 168 valence electrons. The summed E-state index contributed by atoms with van der Waals surface area (Å²) in [4.78, 5) is 37.1. The lowest BCUT2D eigenvalue weighted by atomic mass is 9.90. The van der Waals surface area contributed by atoms with E-state index in [-0.39, 0.29) is 23.9 Å². The van der Waals surface area contributed by atoms with Gasteiger partial charge >= 0.3 is 0 Å². The molecular formula is C23H26ClN5O2S. The molecule has 3 N–H and O–H groups in total. The van der Waals surface area contributed by atoms with Gasteiger partial charge in [-0.2, -0.15) is 0 Å². The lowest BCUT2D eigenvalue weighted by Crippen LogP contribution is -2.53. The topological polar surface area (TPSA) is 90.1 Å². The molecule has 5 rings (SSSR count). The van der Waals surface area contributed by atoms with Gasteiger partial charge in [0.1, 0.15) is 5.69 Å². The van der Waals surface area contributed by atoms with Gasteiger partial charge in [-0.05, 0) is 44.2 Å². The fourth-order valence-electron chi connectivity index (χ4n) is 4.60. The van der Waals surface area contributed by atoms with Crippen LogP contribution in [0.1, 0.15) is 56.5 Å². The van der Waals surface area contributed by atoms with Gasteiger partial charge in [0.05, 0.1) is 5.69 Å². The van der Waals surface area contributed by atoms with Crippen molar-refractivity contribution >= 4 is 45.7 Å². The van der Waals surface area contributed by atoms with E-state index in [4.69, 9.17) is 11.6 Å². The van der Waals surface area contributed by atoms with Gasteiger partial charge in [0, 0.05) is 52.4 Å². The Morgan fingerprint density at radius 2 is 1.91 bits per heavy atom. The number of likely N-dealkylation sites (N-methyl/N-ethyl adjacent to an activating group) is 1. The third kappa shape index (κ3) is 4.40. The molecule has 32 heavy (non-hydrogen) atoms. The van der Waals surface area contributed by atoms with Crippen LogP contribution in [-0.2, 0) is 13.0 Å². The lowest BCUT2D eigenvalue weighted by molar-refractivity contribution is 0.0860. The number of nitrogens with one attached hydrogen (secondary N) is 3. The van der Waals surface area contributed by atoms with Crippen LogP contribution >= 0.6 is 22.9 Å². The Morgan fingerprint density at radius 1 is 1.16 bits per heavy atom. The highest BCUT2D eigenvalue weighted by atomic mass is 35.5. The minimum absolute atomic E-state index is 0.109. The number of hydrogen-bond donors (Lipinski definition) is 3. The van der Waals surface area contributed by atoms with Gasteiger partial charge in [-0.15, -0.1) is 11.3 Å². The van der Waals surface area contributed by atoms with Gasteiger partial charge < -0.3 is 20.5 Å². The maximum absolute atomic E-state index is 13.0. The number of benzene rings is 1. The first-order valence-corrected chi connectivity index (χ1v) is 12.2. The largest absolute Gasteiger partial charge is 0.351 e. The smallest absolute Gasteiger partial charge is 0.280 e. The molecule has 3 aromatic rings. The van der Waals surface area contributed by atoms with Crippen LogP contribution in [0.2, 0.25) is 5.02 Å². The number of rotatable bonds is 4. The fraction of sp³-hybridized carbons (Fsp3) is 0.435. The van der Waals surface area contributed by atoms with Crippen molar-refractivity contribution in [3.05, 3.63) is 50.6 Å². The van der Waals surface area contributed by atoms with Crippen molar-refractivity contribution in [3.63, 3.8) is 0 Å². The molecule has 1 aliphatic heterocycles. The van der Waals surface area contributed by atoms with Crippen molar-refractivity contribution in [1.82, 2.24) is 25.5 Å². The molecular weight excluding hydrogens is 446 g/mol. The number of halogens is 1. The second-order valence-electron chi connectivity index (χ2n) is 8.74. The van der Waals surface area contributed by atoms with E-state index in [1.54, 1.807) is 6.07 Å². The van der Waals surface area contributed by atoms with Gasteiger partial charge in [-0.1, -0.05) is 24.4 Å². The molecule has 7 nitrogen and oxygen atoms in total. The van der Waals surface area contributed by atoms with Crippen molar-refractivity contribution in [2.45, 2.75) is 50.7 Å². The average molecular weight is 472 g/mol. The molecule has 2 aliphatic rings. The first-order valence-electron chi connectivity index (χ1n) is 11.0. The fourth-order valence-corrected chi connectivity index (χ4v) is 5.87. The van der Waals surface area contributed by atoms with Crippen LogP contribution in [0.4, 0.5) is 0 Å². The molecule has 1 aromatic carbocycles. The van der Waals surface area contributed by atoms with Crippen LogP contribution in [0, 0.1) is 0 Å². The molecule has 0 saturated heterocycles. The van der Waals surface area contributed by atoms with Crippen LogP contribution in [0.3, 0.4) is 0 Å². The molecule has 2 atom stereocenters. The number of carbonyl (C=O) groups is 2. The van der Waals surface area contributed by atoms with Crippen LogP contribution < -0.4 is 10.6 Å². The second-order valence-corrected chi connectivity index (χ2v) is 10.3. The summed E-state index contributed by atoms with van der Waals surface area (Å²) in [7, 11) is 2.08. The highest BCUT2D eigenvalue weighted by Gasteiger charge is 2.30. The Morgan fingerprint density at radius 3 is 2.69 bits per heavy atom. The summed E-state index contributed by atoms with van der Waals surface area (Å²) in [5.74, 6) is -0.310. The molecule has 0 radical (unpaired) electrons. The molecule has 2 amide bonds. The number of hydrogen-bond acceptors (Lipinski definition) is 5. The van der Waals surface area contributed by atoms with Crippen molar-refractivity contribution in [2.24, 2.45) is 0 Å². The molecule has 3 heterocycles. The number of nitrogens with zero attached hydrogens (tertiary/aromatic N) is 2. The normalized spacial score (nSPS) is 21.3. The first kappa shape index (κ1) is 21.4. The highest BCUT2D eigenvalue weighted by molar-refractivity contribution is 7.13. The molecule has 1 aliphatic carbocycles. The zero-order valence-electron chi connectivity index (χ0n) is 17.9. The quantitative estimate of drug-likeness (QED) is 0.540. The maximum atomic E-state index is 13.0. The van der Waals surface area contributed by atoms with Gasteiger partial charge in [-0.25, -0.2) is 4.98 Å². The van der Waals surface area contributed by atoms with E-state index in [9.17, 15) is 9.59 Å². The summed E-state index contributed by atoms with van der Waals surface area (Å²) in [5.41, 5.74) is 2.41. The van der Waals surface area contributed by atoms with Crippen molar-refractivity contribution < 1.29 is 9.59 Å². The molecule has 0 unspecified atom stereocenters. The SMILES string of the molecule is CN1CCc2nc(C(=O)N[C@@H]3CCCC[C@H]3NC(=O)c3cc4cc(Cl)ccc4[nH]3)sc2C1. The van der Waals surface area contributed by atoms with Gasteiger partial charge in [-0.3, -0.25) is 9.59 Å². The summed E-state index contributed by atoms with van der Waals surface area (Å²) >= 11 is 7.54. The number of thiazole rings is 1. The predicted octanol–water partition coefficient (Wildman–Crippen LogP) is 3.74. The third-order valence-corrected chi connectivity index (χ3v) is 7.66. The van der Waals surface area contributed by atoms with Crippen molar-refractivity contribution in [2.75, 3.05) is 13.6 Å². The zero-order valence-corrected chi connectivity index (χ0v) is 19.5. The highest BCUT2D eigenvalue weighted by Crippen LogP contribution is 2.26. The molecule has 0 bridgehead atoms. The summed E-state index contributed by atoms with van der Waals surface area (Å²) in [6.45, 7) is 1.81. The summed E-state index contributed by atoms with van der Waals surface area (Å²) < 4.78 is 0. The van der Waals surface area contributed by atoms with Gasteiger partial charge in [0.25, 0.3) is 11.8 Å². The second kappa shape index (κ2) is 8.84. The Hall–Kier alpha value is -2.42. The van der Waals surface area contributed by atoms with Crippen LogP contribution in [0.5, 0.6) is 0 Å². The number of H-pyrrole nitrogens is 1. The maximum Gasteiger partial charge on any atom is 0.280 e. The number of aromatic amines is 1. The monoisotopic (exact) mass is 471 g/mol. The minimum atomic E-state index is -0.170. The summed E-state index contributed by atoms with van der Waals surface area (Å²) in [5, 5.41) is 8.33. The number of aromatic nitrogens is 2. The summed E-state index contributed by atoms with van der Waals surface area (Å²) in [6.07, 6.45) is 4.61. The van der Waals surface area contributed by atoms with Crippen LogP contribution in [0.25, 0.3) is 10.9 Å². The van der Waals surface area contributed by atoms with Crippen molar-refractivity contribution in [3.8, 4) is 0 Å². The number of fused-ring (bicyclic) bond motifs is 2. The number of carbonyl (C=O) groups excluding carboxylic acids is 2. The first-order chi connectivity index (χ1) is 15.5. The van der Waals surface area contributed by atoms with Gasteiger partial charge in [0.15, 0.2) is 5.01 Å². The molecule has 2 aromatic heterocycles.